The summed E-state index contributed by atoms with van der Waals surface area (Å²) in [4.78, 5) is 2.21. The smallest absolute Gasteiger partial charge is 0.161 e. The molecule has 2 N–H and O–H groups in total. The molecule has 0 aliphatic carbocycles. The molecular formula is C17H30N2O2. The quantitative estimate of drug-likeness (QED) is 0.720. The van der Waals surface area contributed by atoms with Crippen molar-refractivity contribution in [1.29, 1.82) is 0 Å². The Bertz CT molecular complexity index is 410. The fraction of sp³-hybridized carbons (Fsp3) is 0.647. The molecule has 0 fully saturated rings. The molecule has 21 heavy (non-hydrogen) atoms. The third-order valence-corrected chi connectivity index (χ3v) is 3.37. The number of rotatable bonds is 10. The molecule has 0 heterocycles. The minimum absolute atomic E-state index is 0.0147. The summed E-state index contributed by atoms with van der Waals surface area (Å²) in [5, 5.41) is 0. The number of hydrogen-bond donors (Lipinski definition) is 1. The van der Waals surface area contributed by atoms with E-state index in [0.29, 0.717) is 13.2 Å². The average Bonchev–Trinajstić information content (AvgIpc) is 2.50. The van der Waals surface area contributed by atoms with Gasteiger partial charge in [0.1, 0.15) is 0 Å². The predicted octanol–water partition coefficient (Wildman–Crippen LogP) is 3.22. The standard InChI is InChI=1S/C17H30N2O2/c1-5-10-20-16-9-8-14(12-17(16)21-11-6-2)15(18)13-19(4)7-3/h8-9,12,15H,5-7,10-11,13,18H2,1-4H3. The molecule has 1 unspecified atom stereocenters. The summed E-state index contributed by atoms with van der Waals surface area (Å²) in [6, 6.07) is 6.02. The van der Waals surface area contributed by atoms with Gasteiger partial charge in [-0.3, -0.25) is 0 Å². The second kappa shape index (κ2) is 9.64. The molecule has 0 aromatic heterocycles. The van der Waals surface area contributed by atoms with Crippen molar-refractivity contribution in [2.75, 3.05) is 33.4 Å². The summed E-state index contributed by atoms with van der Waals surface area (Å²) < 4.78 is 11.6. The molecule has 1 aromatic carbocycles. The van der Waals surface area contributed by atoms with Gasteiger partial charge < -0.3 is 20.1 Å². The topological polar surface area (TPSA) is 47.7 Å². The number of benzene rings is 1. The molecule has 1 rings (SSSR count). The largest absolute Gasteiger partial charge is 0.490 e. The van der Waals surface area contributed by atoms with Crippen LogP contribution in [0.25, 0.3) is 0 Å². The van der Waals surface area contributed by atoms with Crippen molar-refractivity contribution in [1.82, 2.24) is 4.90 Å². The fourth-order valence-corrected chi connectivity index (χ4v) is 1.98. The Hall–Kier alpha value is -1.26. The third-order valence-electron chi connectivity index (χ3n) is 3.37. The highest BCUT2D eigenvalue weighted by atomic mass is 16.5. The van der Waals surface area contributed by atoms with Crippen LogP contribution in [0.1, 0.15) is 45.2 Å². The van der Waals surface area contributed by atoms with Crippen LogP contribution in [0.4, 0.5) is 0 Å². The van der Waals surface area contributed by atoms with Crippen LogP contribution in [-0.4, -0.2) is 38.3 Å². The van der Waals surface area contributed by atoms with E-state index in [1.165, 1.54) is 0 Å². The zero-order valence-corrected chi connectivity index (χ0v) is 13.9. The van der Waals surface area contributed by atoms with Crippen LogP contribution in [-0.2, 0) is 0 Å². The summed E-state index contributed by atoms with van der Waals surface area (Å²) in [7, 11) is 2.08. The van der Waals surface area contributed by atoms with Gasteiger partial charge in [-0.1, -0.05) is 26.8 Å². The Morgan fingerprint density at radius 1 is 1.05 bits per heavy atom. The number of likely N-dealkylation sites (N-methyl/N-ethyl adjacent to an activating group) is 1. The first-order valence-electron chi connectivity index (χ1n) is 7.95. The minimum Gasteiger partial charge on any atom is -0.490 e. The number of hydrogen-bond acceptors (Lipinski definition) is 4. The highest BCUT2D eigenvalue weighted by molar-refractivity contribution is 5.44. The molecular weight excluding hydrogens is 264 g/mol. The monoisotopic (exact) mass is 294 g/mol. The van der Waals surface area contributed by atoms with Crippen molar-refractivity contribution in [3.63, 3.8) is 0 Å². The average molecular weight is 294 g/mol. The van der Waals surface area contributed by atoms with Crippen molar-refractivity contribution in [2.24, 2.45) is 5.73 Å². The van der Waals surface area contributed by atoms with Crippen LogP contribution in [0.3, 0.4) is 0 Å². The molecule has 0 aliphatic rings. The molecule has 0 saturated heterocycles. The van der Waals surface area contributed by atoms with Crippen LogP contribution in [0.5, 0.6) is 11.5 Å². The number of ether oxygens (including phenoxy) is 2. The maximum atomic E-state index is 6.28. The van der Waals surface area contributed by atoms with E-state index in [1.807, 2.05) is 18.2 Å². The number of nitrogens with zero attached hydrogens (tertiary/aromatic N) is 1. The Morgan fingerprint density at radius 2 is 1.67 bits per heavy atom. The first-order chi connectivity index (χ1) is 10.1. The van der Waals surface area contributed by atoms with E-state index in [0.717, 1.165) is 43.0 Å². The third kappa shape index (κ3) is 5.94. The van der Waals surface area contributed by atoms with E-state index in [4.69, 9.17) is 15.2 Å². The minimum atomic E-state index is -0.0147. The van der Waals surface area contributed by atoms with Crippen LogP contribution in [0.2, 0.25) is 0 Å². The lowest BCUT2D eigenvalue weighted by molar-refractivity contribution is 0.267. The molecule has 1 aromatic rings. The van der Waals surface area contributed by atoms with Crippen molar-refractivity contribution >= 4 is 0 Å². The first kappa shape index (κ1) is 17.8. The van der Waals surface area contributed by atoms with Gasteiger partial charge in [0.05, 0.1) is 13.2 Å². The van der Waals surface area contributed by atoms with Crippen LogP contribution in [0, 0.1) is 0 Å². The Labute approximate surface area is 129 Å². The maximum absolute atomic E-state index is 6.28. The van der Waals surface area contributed by atoms with E-state index in [2.05, 4.69) is 32.7 Å². The van der Waals surface area contributed by atoms with Gasteiger partial charge in [-0.25, -0.2) is 0 Å². The molecule has 0 spiro atoms. The van der Waals surface area contributed by atoms with Crippen LogP contribution >= 0.6 is 0 Å². The summed E-state index contributed by atoms with van der Waals surface area (Å²) in [6.45, 7) is 9.53. The van der Waals surface area contributed by atoms with Gasteiger partial charge in [-0.2, -0.15) is 0 Å². The molecule has 0 amide bonds. The summed E-state index contributed by atoms with van der Waals surface area (Å²) in [5.74, 6) is 1.61. The highest BCUT2D eigenvalue weighted by Crippen LogP contribution is 2.30. The van der Waals surface area contributed by atoms with E-state index >= 15 is 0 Å². The van der Waals surface area contributed by atoms with Crippen LogP contribution < -0.4 is 15.2 Å². The molecule has 0 bridgehead atoms. The zero-order chi connectivity index (χ0) is 15.7. The SMILES string of the molecule is CCCOc1ccc(C(N)CN(C)CC)cc1OCCC. The highest BCUT2D eigenvalue weighted by Gasteiger charge is 2.13. The Balaban J connectivity index is 2.86. The maximum Gasteiger partial charge on any atom is 0.161 e. The normalized spacial score (nSPS) is 12.5. The predicted molar refractivity (Wildman–Crippen MR) is 88.1 cm³/mol. The molecule has 4 nitrogen and oxygen atoms in total. The van der Waals surface area contributed by atoms with E-state index in [1.54, 1.807) is 0 Å². The first-order valence-corrected chi connectivity index (χ1v) is 7.95. The van der Waals surface area contributed by atoms with Gasteiger partial charge in [-0.15, -0.1) is 0 Å². The van der Waals surface area contributed by atoms with Gasteiger partial charge >= 0.3 is 0 Å². The summed E-state index contributed by atoms with van der Waals surface area (Å²) >= 11 is 0. The summed E-state index contributed by atoms with van der Waals surface area (Å²) in [6.07, 6.45) is 1.96. The lowest BCUT2D eigenvalue weighted by Gasteiger charge is -2.21. The molecule has 120 valence electrons. The van der Waals surface area contributed by atoms with Crippen molar-refractivity contribution in [2.45, 2.75) is 39.7 Å². The lowest BCUT2D eigenvalue weighted by atomic mass is 10.1. The lowest BCUT2D eigenvalue weighted by Crippen LogP contribution is -2.28. The van der Waals surface area contributed by atoms with E-state index in [-0.39, 0.29) is 6.04 Å². The van der Waals surface area contributed by atoms with Gasteiger partial charge in [0.15, 0.2) is 11.5 Å². The zero-order valence-electron chi connectivity index (χ0n) is 13.9. The van der Waals surface area contributed by atoms with Gasteiger partial charge in [0, 0.05) is 12.6 Å². The van der Waals surface area contributed by atoms with Crippen molar-refractivity contribution in [3.8, 4) is 11.5 Å². The molecule has 0 aliphatic heterocycles. The van der Waals surface area contributed by atoms with E-state index < -0.39 is 0 Å². The summed E-state index contributed by atoms with van der Waals surface area (Å²) in [5.41, 5.74) is 7.37. The van der Waals surface area contributed by atoms with Crippen LogP contribution in [0.15, 0.2) is 18.2 Å². The van der Waals surface area contributed by atoms with Gasteiger partial charge in [0.2, 0.25) is 0 Å². The molecule has 4 heteroatoms. The second-order valence-corrected chi connectivity index (χ2v) is 5.36. The van der Waals surface area contributed by atoms with Gasteiger partial charge in [-0.05, 0) is 44.1 Å². The molecule has 0 saturated carbocycles. The fourth-order valence-electron chi connectivity index (χ4n) is 1.98. The van der Waals surface area contributed by atoms with Crippen molar-refractivity contribution < 1.29 is 9.47 Å². The van der Waals surface area contributed by atoms with Crippen molar-refractivity contribution in [3.05, 3.63) is 23.8 Å². The Kier molecular flexibility index (Phi) is 8.16. The van der Waals surface area contributed by atoms with E-state index in [9.17, 15) is 0 Å². The van der Waals surface area contributed by atoms with Gasteiger partial charge in [0.25, 0.3) is 0 Å². The second-order valence-electron chi connectivity index (χ2n) is 5.36. The number of nitrogens with two attached hydrogens (primary N) is 1. The Morgan fingerprint density at radius 3 is 2.24 bits per heavy atom. The molecule has 0 radical (unpaired) electrons. The molecule has 1 atom stereocenters.